The Bertz CT molecular complexity index is 532. The van der Waals surface area contributed by atoms with Gasteiger partial charge in [0.15, 0.2) is 0 Å². The highest BCUT2D eigenvalue weighted by molar-refractivity contribution is 7.89. The molecule has 0 saturated carbocycles. The van der Waals surface area contributed by atoms with Crippen molar-refractivity contribution in [3.8, 4) is 0 Å². The van der Waals surface area contributed by atoms with E-state index in [0.29, 0.717) is 12.1 Å². The maximum atomic E-state index is 12.0. The average Bonchev–Trinajstić information content (AvgIpc) is 2.43. The zero-order valence-electron chi connectivity index (χ0n) is 10.6. The molecule has 0 radical (unpaired) electrons. The summed E-state index contributed by atoms with van der Waals surface area (Å²) in [6, 6.07) is 6.43. The van der Waals surface area contributed by atoms with E-state index >= 15 is 0 Å². The van der Waals surface area contributed by atoms with Crippen LogP contribution < -0.4 is 10.0 Å². The van der Waals surface area contributed by atoms with E-state index in [-0.39, 0.29) is 23.2 Å². The molecule has 5 nitrogen and oxygen atoms in total. The van der Waals surface area contributed by atoms with Crippen molar-refractivity contribution in [1.29, 1.82) is 0 Å². The first-order valence-electron chi connectivity index (χ1n) is 5.91. The maximum Gasteiger partial charge on any atom is 0.241 e. The summed E-state index contributed by atoms with van der Waals surface area (Å²) in [5.41, 5.74) is 0.505. The van der Waals surface area contributed by atoms with Gasteiger partial charge in [0, 0.05) is 12.4 Å². The van der Waals surface area contributed by atoms with Gasteiger partial charge < -0.3 is 5.32 Å². The van der Waals surface area contributed by atoms with Gasteiger partial charge in [-0.25, -0.2) is 13.1 Å². The molecule has 0 fully saturated rings. The molecule has 0 bridgehead atoms. The van der Waals surface area contributed by atoms with E-state index in [4.69, 9.17) is 11.6 Å². The van der Waals surface area contributed by atoms with Crippen molar-refractivity contribution >= 4 is 27.5 Å². The summed E-state index contributed by atoms with van der Waals surface area (Å²) in [5.74, 6) is -0.257. The number of carbonyl (C=O) groups is 1. The highest BCUT2D eigenvalue weighted by Crippen LogP contribution is 2.16. The molecule has 0 saturated heterocycles. The van der Waals surface area contributed by atoms with E-state index < -0.39 is 10.0 Å². The van der Waals surface area contributed by atoms with Gasteiger partial charge in [0.2, 0.25) is 15.9 Å². The van der Waals surface area contributed by atoms with E-state index in [0.717, 1.165) is 6.42 Å². The van der Waals surface area contributed by atoms with E-state index in [9.17, 15) is 13.2 Å². The number of hydrogen-bond donors (Lipinski definition) is 2. The first-order valence-corrected chi connectivity index (χ1v) is 7.93. The summed E-state index contributed by atoms with van der Waals surface area (Å²) in [6.07, 6.45) is 0.799. The fraction of sp³-hybridized carbons (Fsp3) is 0.417. The van der Waals surface area contributed by atoms with Gasteiger partial charge in [-0.15, -0.1) is 11.6 Å². The molecule has 1 aromatic carbocycles. The molecule has 0 atom stereocenters. The van der Waals surface area contributed by atoms with Crippen molar-refractivity contribution in [2.45, 2.75) is 24.1 Å². The Kier molecular flexibility index (Phi) is 6.27. The first-order chi connectivity index (χ1) is 9.01. The lowest BCUT2D eigenvalue weighted by Crippen LogP contribution is -2.37. The van der Waals surface area contributed by atoms with Crippen molar-refractivity contribution in [2.24, 2.45) is 0 Å². The summed E-state index contributed by atoms with van der Waals surface area (Å²) < 4.78 is 26.3. The monoisotopic (exact) mass is 304 g/mol. The second-order valence-electron chi connectivity index (χ2n) is 3.92. The Morgan fingerprint density at radius 1 is 1.32 bits per heavy atom. The summed E-state index contributed by atoms with van der Waals surface area (Å²) in [4.78, 5) is 11.5. The number of carbonyl (C=O) groups excluding carboxylic acids is 1. The highest BCUT2D eigenvalue weighted by atomic mass is 35.5. The van der Waals surface area contributed by atoms with Crippen LogP contribution in [-0.2, 0) is 20.7 Å². The van der Waals surface area contributed by atoms with Crippen LogP contribution in [0.2, 0.25) is 0 Å². The molecule has 19 heavy (non-hydrogen) atoms. The number of hydrogen-bond acceptors (Lipinski definition) is 3. The lowest BCUT2D eigenvalue weighted by Gasteiger charge is -2.10. The van der Waals surface area contributed by atoms with Crippen LogP contribution in [0.15, 0.2) is 29.2 Å². The number of nitrogens with one attached hydrogen (secondary N) is 2. The van der Waals surface area contributed by atoms with Crippen LogP contribution in [0, 0.1) is 0 Å². The number of sulfonamides is 1. The van der Waals surface area contributed by atoms with Gasteiger partial charge in [0.25, 0.3) is 0 Å². The third kappa shape index (κ3) is 4.81. The minimum atomic E-state index is -3.72. The molecule has 1 amide bonds. The molecule has 106 valence electrons. The topological polar surface area (TPSA) is 75.3 Å². The summed E-state index contributed by atoms with van der Waals surface area (Å²) in [6.45, 7) is 2.17. The minimum Gasteiger partial charge on any atom is -0.355 e. The van der Waals surface area contributed by atoms with E-state index in [1.165, 1.54) is 6.07 Å². The third-order valence-electron chi connectivity index (χ3n) is 2.40. The molecule has 1 aromatic rings. The number of alkyl halides is 1. The number of amides is 1. The van der Waals surface area contributed by atoms with Crippen molar-refractivity contribution in [3.05, 3.63) is 29.8 Å². The molecular formula is C12H17ClN2O3S. The van der Waals surface area contributed by atoms with Crippen LogP contribution in [0.1, 0.15) is 18.9 Å². The zero-order valence-corrected chi connectivity index (χ0v) is 12.2. The molecule has 1 rings (SSSR count). The number of benzene rings is 1. The first kappa shape index (κ1) is 15.9. The number of halogens is 1. The van der Waals surface area contributed by atoms with E-state index in [1.807, 2.05) is 6.92 Å². The largest absolute Gasteiger partial charge is 0.355 e. The van der Waals surface area contributed by atoms with Gasteiger partial charge in [0.1, 0.15) is 0 Å². The van der Waals surface area contributed by atoms with Crippen LogP contribution in [-0.4, -0.2) is 27.4 Å². The standard InChI is InChI=1S/C12H17ClN2O3S/c1-2-7-14-12(16)9-15-19(17,18)11-6-4-3-5-10(11)8-13/h3-6,15H,2,7-9H2,1H3,(H,14,16). The smallest absolute Gasteiger partial charge is 0.241 e. The average molecular weight is 305 g/mol. The third-order valence-corrected chi connectivity index (χ3v) is 4.19. The molecular weight excluding hydrogens is 288 g/mol. The minimum absolute atomic E-state index is 0.0963. The Balaban J connectivity index is 2.73. The molecule has 2 N–H and O–H groups in total. The predicted octanol–water partition coefficient (Wildman–Crippen LogP) is 1.23. The van der Waals surface area contributed by atoms with Crippen LogP contribution in [0.5, 0.6) is 0 Å². The van der Waals surface area contributed by atoms with E-state index in [1.54, 1.807) is 18.2 Å². The lowest BCUT2D eigenvalue weighted by molar-refractivity contribution is -0.119. The molecule has 0 unspecified atom stereocenters. The van der Waals surface area contributed by atoms with Gasteiger partial charge >= 0.3 is 0 Å². The zero-order chi connectivity index (χ0) is 14.3. The quantitative estimate of drug-likeness (QED) is 0.744. The molecule has 0 aliphatic heterocycles. The van der Waals surface area contributed by atoms with Crippen molar-refractivity contribution < 1.29 is 13.2 Å². The van der Waals surface area contributed by atoms with Crippen molar-refractivity contribution in [3.63, 3.8) is 0 Å². The Labute approximate surface area is 118 Å². The van der Waals surface area contributed by atoms with Gasteiger partial charge in [0.05, 0.1) is 11.4 Å². The second-order valence-corrected chi connectivity index (χ2v) is 5.92. The van der Waals surface area contributed by atoms with Crippen LogP contribution in [0.3, 0.4) is 0 Å². The van der Waals surface area contributed by atoms with E-state index in [2.05, 4.69) is 10.0 Å². The summed E-state index contributed by atoms with van der Waals surface area (Å²) in [7, 11) is -3.72. The Hall–Kier alpha value is -1.11. The molecule has 7 heteroatoms. The molecule has 0 aromatic heterocycles. The van der Waals surface area contributed by atoms with Crippen LogP contribution >= 0.6 is 11.6 Å². The van der Waals surface area contributed by atoms with Gasteiger partial charge in [-0.1, -0.05) is 25.1 Å². The van der Waals surface area contributed by atoms with Crippen molar-refractivity contribution in [2.75, 3.05) is 13.1 Å². The second kappa shape index (κ2) is 7.47. The highest BCUT2D eigenvalue weighted by Gasteiger charge is 2.18. The predicted molar refractivity (Wildman–Crippen MR) is 74.5 cm³/mol. The van der Waals surface area contributed by atoms with Gasteiger partial charge in [-0.05, 0) is 18.1 Å². The van der Waals surface area contributed by atoms with Gasteiger partial charge in [-0.2, -0.15) is 0 Å². The SMILES string of the molecule is CCCNC(=O)CNS(=O)(=O)c1ccccc1CCl. The van der Waals surface area contributed by atoms with Crippen LogP contribution in [0.4, 0.5) is 0 Å². The molecule has 0 spiro atoms. The van der Waals surface area contributed by atoms with Crippen LogP contribution in [0.25, 0.3) is 0 Å². The Morgan fingerprint density at radius 3 is 2.63 bits per heavy atom. The molecule has 0 aliphatic rings. The Morgan fingerprint density at radius 2 is 2.00 bits per heavy atom. The molecule has 0 aliphatic carbocycles. The maximum absolute atomic E-state index is 12.0. The summed E-state index contributed by atoms with van der Waals surface area (Å²) >= 11 is 5.70. The van der Waals surface area contributed by atoms with Crippen molar-refractivity contribution in [1.82, 2.24) is 10.0 Å². The number of rotatable bonds is 7. The van der Waals surface area contributed by atoms with Gasteiger partial charge in [-0.3, -0.25) is 4.79 Å². The fourth-order valence-electron chi connectivity index (χ4n) is 1.44. The lowest BCUT2D eigenvalue weighted by atomic mass is 10.2. The summed E-state index contributed by atoms with van der Waals surface area (Å²) in [5, 5.41) is 2.59. The fourth-order valence-corrected chi connectivity index (χ4v) is 2.97. The molecule has 0 heterocycles. The normalized spacial score (nSPS) is 11.3.